The molecule has 5 rings (SSSR count). The molecule has 0 atom stereocenters. The van der Waals surface area contributed by atoms with Gasteiger partial charge in [0.2, 0.25) is 0 Å². The van der Waals surface area contributed by atoms with E-state index in [1.54, 1.807) is 48.7 Å². The van der Waals surface area contributed by atoms with Crippen LogP contribution in [0.2, 0.25) is 0 Å². The Labute approximate surface area is 218 Å². The van der Waals surface area contributed by atoms with Crippen LogP contribution >= 0.6 is 23.1 Å². The van der Waals surface area contributed by atoms with Crippen LogP contribution in [0.1, 0.15) is 32.1 Å². The number of hydrogen-bond donors (Lipinski definition) is 1. The number of fused-ring (bicyclic) bond motifs is 1. The van der Waals surface area contributed by atoms with Gasteiger partial charge in [0.15, 0.2) is 0 Å². The second-order valence-electron chi connectivity index (χ2n) is 8.38. The smallest absolute Gasteiger partial charge is 0.322 e. The normalized spacial score (nSPS) is 11.7. The van der Waals surface area contributed by atoms with E-state index in [-0.39, 0.29) is 11.4 Å². The van der Waals surface area contributed by atoms with Crippen LogP contribution in [0.3, 0.4) is 0 Å². The lowest BCUT2D eigenvalue weighted by molar-refractivity contribution is -0.137. The van der Waals surface area contributed by atoms with Gasteiger partial charge in [0, 0.05) is 32.7 Å². The lowest BCUT2D eigenvalue weighted by atomic mass is 10.1. The van der Waals surface area contributed by atoms with E-state index in [0.29, 0.717) is 21.2 Å². The fourth-order valence-corrected chi connectivity index (χ4v) is 5.97. The maximum Gasteiger partial charge on any atom is 0.416 e. The van der Waals surface area contributed by atoms with Crippen molar-refractivity contribution in [2.24, 2.45) is 0 Å². The van der Waals surface area contributed by atoms with E-state index in [1.807, 2.05) is 13.8 Å². The van der Waals surface area contributed by atoms with Crippen LogP contribution in [0.4, 0.5) is 18.9 Å². The molecule has 0 fully saturated rings. The van der Waals surface area contributed by atoms with Gasteiger partial charge in [-0.25, -0.2) is 15.0 Å². The summed E-state index contributed by atoms with van der Waals surface area (Å²) in [5.41, 5.74) is 1.44. The predicted molar refractivity (Wildman–Crippen MR) is 139 cm³/mol. The van der Waals surface area contributed by atoms with E-state index in [1.165, 1.54) is 35.0 Å². The Morgan fingerprint density at radius 3 is 2.57 bits per heavy atom. The summed E-state index contributed by atoms with van der Waals surface area (Å²) in [6.45, 7) is 5.77. The highest BCUT2D eigenvalue weighted by atomic mass is 32.2. The highest BCUT2D eigenvalue weighted by Gasteiger charge is 2.31. The van der Waals surface area contributed by atoms with Crippen molar-refractivity contribution in [3.8, 4) is 5.69 Å². The molecule has 0 aliphatic heterocycles. The van der Waals surface area contributed by atoms with E-state index < -0.39 is 17.6 Å². The summed E-state index contributed by atoms with van der Waals surface area (Å²) in [5.74, 6) is -0.529. The molecule has 1 N–H and O–H groups in total. The van der Waals surface area contributed by atoms with Gasteiger partial charge >= 0.3 is 6.18 Å². The van der Waals surface area contributed by atoms with Gasteiger partial charge in [-0.1, -0.05) is 23.9 Å². The van der Waals surface area contributed by atoms with Crippen LogP contribution < -0.4 is 5.32 Å². The molecule has 5 aromatic rings. The van der Waals surface area contributed by atoms with Crippen LogP contribution in [0.5, 0.6) is 0 Å². The van der Waals surface area contributed by atoms with Crippen LogP contribution in [-0.2, 0) is 6.18 Å². The predicted octanol–water partition coefficient (Wildman–Crippen LogP) is 7.22. The third-order valence-electron chi connectivity index (χ3n) is 5.78. The van der Waals surface area contributed by atoms with E-state index in [9.17, 15) is 18.0 Å². The minimum Gasteiger partial charge on any atom is -0.322 e. The number of aryl methyl sites for hydroxylation is 3. The molecule has 0 radical (unpaired) electrons. The maximum absolute atomic E-state index is 13.6. The number of aromatic nitrogens is 4. The van der Waals surface area contributed by atoms with Crippen molar-refractivity contribution < 1.29 is 18.0 Å². The number of imidazole rings is 1. The Bertz CT molecular complexity index is 1640. The zero-order valence-electron chi connectivity index (χ0n) is 19.9. The Hall–Kier alpha value is -3.70. The number of halogens is 3. The van der Waals surface area contributed by atoms with Gasteiger partial charge in [0.1, 0.15) is 16.2 Å². The molecule has 0 aliphatic carbocycles. The summed E-state index contributed by atoms with van der Waals surface area (Å²) in [5, 5.41) is 4.30. The first-order valence-electron chi connectivity index (χ1n) is 11.1. The summed E-state index contributed by atoms with van der Waals surface area (Å²) in [7, 11) is 0. The second-order valence-corrected chi connectivity index (χ2v) is 10.6. The van der Waals surface area contributed by atoms with Crippen molar-refractivity contribution in [3.63, 3.8) is 0 Å². The molecule has 0 spiro atoms. The number of alkyl halides is 3. The molecular weight excluding hydrogens is 519 g/mol. The first-order valence-corrected chi connectivity index (χ1v) is 12.8. The molecule has 0 saturated heterocycles. The third kappa shape index (κ3) is 5.09. The zero-order valence-corrected chi connectivity index (χ0v) is 21.6. The molecule has 0 bridgehead atoms. The average molecular weight is 540 g/mol. The lowest BCUT2D eigenvalue weighted by Crippen LogP contribution is -2.15. The zero-order chi connectivity index (χ0) is 26.3. The minimum atomic E-state index is -4.59. The van der Waals surface area contributed by atoms with Crippen molar-refractivity contribution >= 4 is 44.9 Å². The molecule has 0 saturated carbocycles. The Balaban J connectivity index is 1.49. The van der Waals surface area contributed by atoms with Gasteiger partial charge in [-0.05, 0) is 56.7 Å². The van der Waals surface area contributed by atoms with Gasteiger partial charge in [-0.3, -0.25) is 4.79 Å². The molecule has 6 nitrogen and oxygen atoms in total. The number of thiophene rings is 1. The molecule has 11 heteroatoms. The Morgan fingerprint density at radius 2 is 1.84 bits per heavy atom. The number of anilines is 1. The quantitative estimate of drug-likeness (QED) is 0.239. The largest absolute Gasteiger partial charge is 0.416 e. The van der Waals surface area contributed by atoms with E-state index >= 15 is 0 Å². The molecule has 3 heterocycles. The van der Waals surface area contributed by atoms with Gasteiger partial charge in [-0.2, -0.15) is 13.2 Å². The van der Waals surface area contributed by atoms with Crippen LogP contribution in [0.25, 0.3) is 15.9 Å². The molecule has 0 aliphatic rings. The topological polar surface area (TPSA) is 72.7 Å². The van der Waals surface area contributed by atoms with Gasteiger partial charge in [0.25, 0.3) is 5.91 Å². The molecule has 0 unspecified atom stereocenters. The molecule has 188 valence electrons. The first-order chi connectivity index (χ1) is 17.6. The molecular formula is C26H20F3N5OS2. The van der Waals surface area contributed by atoms with Gasteiger partial charge in [0.05, 0.1) is 23.1 Å². The van der Waals surface area contributed by atoms with Crippen LogP contribution in [0, 0.1) is 20.8 Å². The van der Waals surface area contributed by atoms with Gasteiger partial charge < -0.3 is 9.88 Å². The number of nitrogens with zero attached hydrogens (tertiary/aromatic N) is 4. The lowest BCUT2D eigenvalue weighted by Gasteiger charge is -2.14. The molecule has 2 aromatic carbocycles. The van der Waals surface area contributed by atoms with Crippen molar-refractivity contribution in [1.29, 1.82) is 0 Å². The van der Waals surface area contributed by atoms with Crippen molar-refractivity contribution in [2.75, 3.05) is 5.32 Å². The number of benzene rings is 2. The van der Waals surface area contributed by atoms with Crippen molar-refractivity contribution in [2.45, 2.75) is 36.9 Å². The number of amides is 1. The van der Waals surface area contributed by atoms with E-state index in [2.05, 4.69) is 20.3 Å². The van der Waals surface area contributed by atoms with Crippen LogP contribution in [-0.4, -0.2) is 25.4 Å². The van der Waals surface area contributed by atoms with Crippen LogP contribution in [0.15, 0.2) is 71.2 Å². The number of rotatable bonds is 5. The standard InChI is InChI=1S/C26H20F3N5OS2/c1-14-11-34(13-32-14)19-9-17(26(27,28)29)8-18(10-19)33-23(35)20-6-4-5-7-21(20)37-25-22-15(2)16(3)36-24(22)30-12-31-25/h4-13H,1-3H3,(H,33,35). The maximum atomic E-state index is 13.6. The molecule has 1 amide bonds. The summed E-state index contributed by atoms with van der Waals surface area (Å²) < 4.78 is 42.4. The molecule has 3 aromatic heterocycles. The minimum absolute atomic E-state index is 0.0229. The number of nitrogens with one attached hydrogen (secondary N) is 1. The Morgan fingerprint density at radius 1 is 1.05 bits per heavy atom. The van der Waals surface area contributed by atoms with Gasteiger partial charge in [-0.15, -0.1) is 11.3 Å². The fourth-order valence-electron chi connectivity index (χ4n) is 3.83. The highest BCUT2D eigenvalue weighted by Crippen LogP contribution is 2.39. The fraction of sp³-hybridized carbons (Fsp3) is 0.154. The number of carbonyl (C=O) groups excluding carboxylic acids is 1. The SMILES string of the molecule is Cc1cn(-c2cc(NC(=O)c3ccccc3Sc3ncnc4sc(C)c(C)c34)cc(C(F)(F)F)c2)cn1. The van der Waals surface area contributed by atoms with Crippen molar-refractivity contribution in [3.05, 3.63) is 88.6 Å². The second kappa shape index (κ2) is 9.64. The third-order valence-corrected chi connectivity index (χ3v) is 7.98. The summed E-state index contributed by atoms with van der Waals surface area (Å²) in [4.78, 5) is 28.8. The first kappa shape index (κ1) is 25.0. The average Bonchev–Trinajstić information content (AvgIpc) is 3.41. The molecule has 37 heavy (non-hydrogen) atoms. The van der Waals surface area contributed by atoms with E-state index in [4.69, 9.17) is 0 Å². The van der Waals surface area contributed by atoms with E-state index in [0.717, 1.165) is 32.8 Å². The highest BCUT2D eigenvalue weighted by molar-refractivity contribution is 7.99. The summed E-state index contributed by atoms with van der Waals surface area (Å²) in [6, 6.07) is 10.4. The monoisotopic (exact) mass is 539 g/mol. The summed E-state index contributed by atoms with van der Waals surface area (Å²) in [6.07, 6.45) is -0.0545. The Kier molecular flexibility index (Phi) is 6.50. The number of hydrogen-bond acceptors (Lipinski definition) is 6. The summed E-state index contributed by atoms with van der Waals surface area (Å²) >= 11 is 2.90. The van der Waals surface area contributed by atoms with Crippen molar-refractivity contribution in [1.82, 2.24) is 19.5 Å². The number of carbonyl (C=O) groups is 1.